The Morgan fingerprint density at radius 3 is 2.71 bits per heavy atom. The van der Waals surface area contributed by atoms with E-state index in [1.165, 1.54) is 18.2 Å². The van der Waals surface area contributed by atoms with Crippen molar-refractivity contribution in [3.63, 3.8) is 0 Å². The molecule has 0 aliphatic heterocycles. The second kappa shape index (κ2) is 8.21. The van der Waals surface area contributed by atoms with Gasteiger partial charge >= 0.3 is 0 Å². The molecule has 1 atom stereocenters. The molecule has 5 N–H and O–H groups in total. The van der Waals surface area contributed by atoms with Crippen molar-refractivity contribution in [1.29, 1.82) is 0 Å². The van der Waals surface area contributed by atoms with Crippen LogP contribution in [0.15, 0.2) is 18.2 Å². The highest BCUT2D eigenvalue weighted by Gasteiger charge is 2.14. The Balaban J connectivity index is 2.52. The van der Waals surface area contributed by atoms with Crippen LogP contribution in [0.3, 0.4) is 0 Å². The lowest BCUT2D eigenvalue weighted by Crippen LogP contribution is -2.35. The third-order valence-electron chi connectivity index (χ3n) is 3.06. The molecule has 7 heteroatoms. The number of halogens is 1. The van der Waals surface area contributed by atoms with Crippen LogP contribution in [-0.2, 0) is 4.79 Å². The SMILES string of the molecule is CCC(C)NC(=O)CCNC(=O)c1cccc(F)c1NN. The zero-order valence-corrected chi connectivity index (χ0v) is 12.2. The summed E-state index contributed by atoms with van der Waals surface area (Å²) in [5.41, 5.74) is 2.19. The van der Waals surface area contributed by atoms with Crippen molar-refractivity contribution in [3.8, 4) is 0 Å². The molecule has 2 amide bonds. The molecule has 1 unspecified atom stereocenters. The summed E-state index contributed by atoms with van der Waals surface area (Å²) >= 11 is 0. The van der Waals surface area contributed by atoms with Gasteiger partial charge in [-0.15, -0.1) is 0 Å². The first-order valence-corrected chi connectivity index (χ1v) is 6.82. The van der Waals surface area contributed by atoms with E-state index in [0.717, 1.165) is 6.42 Å². The summed E-state index contributed by atoms with van der Waals surface area (Å²) in [6.45, 7) is 4.04. The fraction of sp³-hybridized carbons (Fsp3) is 0.429. The lowest BCUT2D eigenvalue weighted by molar-refractivity contribution is -0.121. The molecule has 0 spiro atoms. The molecule has 1 aromatic rings. The largest absolute Gasteiger partial charge is 0.354 e. The summed E-state index contributed by atoms with van der Waals surface area (Å²) in [6, 6.07) is 4.17. The first-order chi connectivity index (χ1) is 9.99. The zero-order valence-electron chi connectivity index (χ0n) is 12.2. The molecular weight excluding hydrogens is 275 g/mol. The summed E-state index contributed by atoms with van der Waals surface area (Å²) in [4.78, 5) is 23.5. The average molecular weight is 296 g/mol. The molecule has 0 heterocycles. The van der Waals surface area contributed by atoms with Crippen molar-refractivity contribution in [3.05, 3.63) is 29.6 Å². The molecular formula is C14H21FN4O2. The Morgan fingerprint density at radius 2 is 2.10 bits per heavy atom. The topological polar surface area (TPSA) is 96.2 Å². The number of amides is 2. The van der Waals surface area contributed by atoms with E-state index >= 15 is 0 Å². The van der Waals surface area contributed by atoms with Crippen molar-refractivity contribution in [1.82, 2.24) is 10.6 Å². The van der Waals surface area contributed by atoms with Gasteiger partial charge in [0.1, 0.15) is 5.82 Å². The van der Waals surface area contributed by atoms with Crippen LogP contribution in [0.1, 0.15) is 37.0 Å². The molecule has 0 bridgehead atoms. The normalized spacial score (nSPS) is 11.6. The van der Waals surface area contributed by atoms with E-state index in [1.54, 1.807) is 0 Å². The fourth-order valence-corrected chi connectivity index (χ4v) is 1.69. The Kier molecular flexibility index (Phi) is 6.61. The van der Waals surface area contributed by atoms with Gasteiger partial charge in [0.05, 0.1) is 11.3 Å². The molecule has 1 aromatic carbocycles. The number of rotatable bonds is 7. The monoisotopic (exact) mass is 296 g/mol. The minimum absolute atomic E-state index is 0.0703. The van der Waals surface area contributed by atoms with Gasteiger partial charge in [-0.1, -0.05) is 13.0 Å². The second-order valence-corrected chi connectivity index (χ2v) is 4.69. The van der Waals surface area contributed by atoms with E-state index in [4.69, 9.17) is 5.84 Å². The number of benzene rings is 1. The van der Waals surface area contributed by atoms with E-state index in [0.29, 0.717) is 0 Å². The van der Waals surface area contributed by atoms with Gasteiger partial charge in [0, 0.05) is 19.0 Å². The lowest BCUT2D eigenvalue weighted by atomic mass is 10.1. The number of anilines is 1. The van der Waals surface area contributed by atoms with Gasteiger partial charge in [-0.25, -0.2) is 4.39 Å². The van der Waals surface area contributed by atoms with Gasteiger partial charge in [-0.2, -0.15) is 0 Å². The molecule has 0 saturated heterocycles. The van der Waals surface area contributed by atoms with Crippen LogP contribution in [0.25, 0.3) is 0 Å². The van der Waals surface area contributed by atoms with Gasteiger partial charge < -0.3 is 16.1 Å². The van der Waals surface area contributed by atoms with Crippen LogP contribution in [-0.4, -0.2) is 24.4 Å². The first-order valence-electron chi connectivity index (χ1n) is 6.82. The summed E-state index contributed by atoms with van der Waals surface area (Å²) < 4.78 is 13.5. The average Bonchev–Trinajstić information content (AvgIpc) is 2.46. The predicted octanol–water partition coefficient (Wildman–Crippen LogP) is 1.15. The van der Waals surface area contributed by atoms with Crippen molar-refractivity contribution in [2.24, 2.45) is 5.84 Å². The fourth-order valence-electron chi connectivity index (χ4n) is 1.69. The van der Waals surface area contributed by atoms with Gasteiger partial charge in [-0.3, -0.25) is 15.4 Å². The highest BCUT2D eigenvalue weighted by Crippen LogP contribution is 2.18. The smallest absolute Gasteiger partial charge is 0.253 e. The van der Waals surface area contributed by atoms with E-state index in [-0.39, 0.29) is 36.2 Å². The van der Waals surface area contributed by atoms with E-state index < -0.39 is 11.7 Å². The summed E-state index contributed by atoms with van der Waals surface area (Å²) in [5.74, 6) is 3.97. The van der Waals surface area contributed by atoms with E-state index in [1.807, 2.05) is 13.8 Å². The van der Waals surface area contributed by atoms with Gasteiger partial charge in [-0.05, 0) is 25.5 Å². The molecule has 116 valence electrons. The Morgan fingerprint density at radius 1 is 1.38 bits per heavy atom. The van der Waals surface area contributed by atoms with Crippen LogP contribution in [0.2, 0.25) is 0 Å². The minimum Gasteiger partial charge on any atom is -0.354 e. The quantitative estimate of drug-likeness (QED) is 0.448. The standard InChI is InChI=1S/C14H21FN4O2/c1-3-9(2)18-12(20)7-8-17-14(21)10-5-4-6-11(15)13(10)19-16/h4-6,9,19H,3,7-8,16H2,1-2H3,(H,17,21)(H,18,20). The highest BCUT2D eigenvalue weighted by atomic mass is 19.1. The van der Waals surface area contributed by atoms with Crippen molar-refractivity contribution in [2.45, 2.75) is 32.7 Å². The van der Waals surface area contributed by atoms with Crippen molar-refractivity contribution in [2.75, 3.05) is 12.0 Å². The molecule has 0 aliphatic carbocycles. The number of carbonyl (C=O) groups is 2. The third kappa shape index (κ3) is 5.03. The van der Waals surface area contributed by atoms with Crippen LogP contribution >= 0.6 is 0 Å². The van der Waals surface area contributed by atoms with Crippen LogP contribution in [0.5, 0.6) is 0 Å². The van der Waals surface area contributed by atoms with Crippen LogP contribution < -0.4 is 21.9 Å². The molecule has 0 saturated carbocycles. The molecule has 0 fully saturated rings. The maximum Gasteiger partial charge on any atom is 0.253 e. The van der Waals surface area contributed by atoms with E-state index in [9.17, 15) is 14.0 Å². The molecule has 0 aromatic heterocycles. The molecule has 6 nitrogen and oxygen atoms in total. The third-order valence-corrected chi connectivity index (χ3v) is 3.06. The Bertz CT molecular complexity index is 508. The molecule has 21 heavy (non-hydrogen) atoms. The lowest BCUT2D eigenvalue weighted by Gasteiger charge is -2.12. The van der Waals surface area contributed by atoms with Gasteiger partial charge in [0.2, 0.25) is 5.91 Å². The number of nitrogens with two attached hydrogens (primary N) is 1. The minimum atomic E-state index is -0.611. The number of hydrogen-bond acceptors (Lipinski definition) is 4. The number of nitrogens with one attached hydrogen (secondary N) is 3. The zero-order chi connectivity index (χ0) is 15.8. The number of nitrogen functional groups attached to an aromatic ring is 1. The van der Waals surface area contributed by atoms with Gasteiger partial charge in [0.25, 0.3) is 5.91 Å². The van der Waals surface area contributed by atoms with Gasteiger partial charge in [0.15, 0.2) is 0 Å². The number of carbonyl (C=O) groups excluding carboxylic acids is 2. The summed E-state index contributed by atoms with van der Waals surface area (Å²) in [7, 11) is 0. The van der Waals surface area contributed by atoms with Crippen molar-refractivity contribution >= 4 is 17.5 Å². The molecule has 1 rings (SSSR count). The number of hydrazine groups is 1. The maximum atomic E-state index is 13.5. The summed E-state index contributed by atoms with van der Waals surface area (Å²) in [5, 5.41) is 5.35. The van der Waals surface area contributed by atoms with E-state index in [2.05, 4.69) is 16.1 Å². The molecule has 0 radical (unpaired) electrons. The number of para-hydroxylation sites is 1. The number of hydrogen-bond donors (Lipinski definition) is 4. The van der Waals surface area contributed by atoms with Crippen molar-refractivity contribution < 1.29 is 14.0 Å². The maximum absolute atomic E-state index is 13.5. The molecule has 0 aliphatic rings. The Labute approximate surface area is 123 Å². The first kappa shape index (κ1) is 16.9. The highest BCUT2D eigenvalue weighted by molar-refractivity contribution is 5.99. The van der Waals surface area contributed by atoms with Crippen LogP contribution in [0.4, 0.5) is 10.1 Å². The second-order valence-electron chi connectivity index (χ2n) is 4.69. The summed E-state index contributed by atoms with van der Waals surface area (Å²) in [6.07, 6.45) is 1.00. The Hall–Kier alpha value is -2.15. The predicted molar refractivity (Wildman–Crippen MR) is 79.1 cm³/mol. The van der Waals surface area contributed by atoms with Crippen LogP contribution in [0, 0.1) is 5.82 Å².